The summed E-state index contributed by atoms with van der Waals surface area (Å²) in [6.45, 7) is 6.82. The lowest BCUT2D eigenvalue weighted by Gasteiger charge is -2.48. The summed E-state index contributed by atoms with van der Waals surface area (Å²) in [5.74, 6) is 0.636. The van der Waals surface area contributed by atoms with Gasteiger partial charge in [-0.15, -0.1) is 0 Å². The molecule has 1 heterocycles. The molecular formula is C32H32O6. The van der Waals surface area contributed by atoms with Gasteiger partial charge in [-0.1, -0.05) is 44.2 Å². The Morgan fingerprint density at radius 3 is 2.58 bits per heavy atom. The van der Waals surface area contributed by atoms with Crippen molar-refractivity contribution in [3.8, 4) is 17.2 Å². The molecule has 6 rings (SSSR count). The molecule has 196 valence electrons. The first-order valence-electron chi connectivity index (χ1n) is 13.2. The van der Waals surface area contributed by atoms with E-state index in [2.05, 4.69) is 20.8 Å². The van der Waals surface area contributed by atoms with Crippen molar-refractivity contribution in [1.29, 1.82) is 0 Å². The number of aromatic hydroxyl groups is 1. The van der Waals surface area contributed by atoms with Crippen LogP contribution in [0, 0.1) is 11.3 Å². The zero-order valence-corrected chi connectivity index (χ0v) is 22.0. The Bertz CT molecular complexity index is 1430. The fourth-order valence-electron chi connectivity index (χ4n) is 7.17. The van der Waals surface area contributed by atoms with Gasteiger partial charge in [-0.2, -0.15) is 0 Å². The maximum Gasteiger partial charge on any atom is 0.342 e. The van der Waals surface area contributed by atoms with Crippen molar-refractivity contribution in [2.75, 3.05) is 6.61 Å². The van der Waals surface area contributed by atoms with E-state index in [1.165, 1.54) is 25.0 Å². The summed E-state index contributed by atoms with van der Waals surface area (Å²) >= 11 is 0. The smallest absolute Gasteiger partial charge is 0.342 e. The second-order valence-corrected chi connectivity index (χ2v) is 11.5. The zero-order valence-electron chi connectivity index (χ0n) is 22.0. The quantitative estimate of drug-likeness (QED) is 0.298. The molecule has 0 radical (unpaired) electrons. The minimum absolute atomic E-state index is 0.0360. The first-order valence-corrected chi connectivity index (χ1v) is 13.2. The third kappa shape index (κ3) is 3.53. The molecule has 3 aliphatic rings. The average Bonchev–Trinajstić information content (AvgIpc) is 3.49. The third-order valence-electron chi connectivity index (χ3n) is 9.65. The highest BCUT2D eigenvalue weighted by atomic mass is 16.5. The van der Waals surface area contributed by atoms with Crippen molar-refractivity contribution < 1.29 is 28.9 Å². The van der Waals surface area contributed by atoms with E-state index in [0.717, 1.165) is 23.3 Å². The van der Waals surface area contributed by atoms with Crippen molar-refractivity contribution >= 4 is 11.8 Å². The molecule has 38 heavy (non-hydrogen) atoms. The van der Waals surface area contributed by atoms with Gasteiger partial charge in [-0.05, 0) is 73.4 Å². The molecule has 2 bridgehead atoms. The monoisotopic (exact) mass is 512 g/mol. The Labute approximate surface area is 222 Å². The normalized spacial score (nSPS) is 28.3. The van der Waals surface area contributed by atoms with Crippen LogP contribution in [0.2, 0.25) is 0 Å². The van der Waals surface area contributed by atoms with Crippen molar-refractivity contribution in [3.05, 3.63) is 89.0 Å². The van der Waals surface area contributed by atoms with E-state index < -0.39 is 5.97 Å². The number of esters is 1. The number of Topliss-reactive ketones (excluding diaryl/α,β-unsaturated/α-hetero) is 1. The fraction of sp³-hybridized carbons (Fsp3) is 0.375. The van der Waals surface area contributed by atoms with Crippen molar-refractivity contribution in [2.45, 2.75) is 57.7 Å². The van der Waals surface area contributed by atoms with E-state index in [0.29, 0.717) is 17.2 Å². The van der Waals surface area contributed by atoms with Crippen LogP contribution in [0.4, 0.5) is 0 Å². The van der Waals surface area contributed by atoms with Gasteiger partial charge in [-0.3, -0.25) is 4.79 Å². The lowest BCUT2D eigenvalue weighted by Crippen LogP contribution is -2.54. The number of hydrogen-bond donors (Lipinski definition) is 1. The van der Waals surface area contributed by atoms with Gasteiger partial charge in [0.05, 0.1) is 0 Å². The summed E-state index contributed by atoms with van der Waals surface area (Å²) in [6, 6.07) is 19.3. The number of rotatable bonds is 7. The number of carbonyl (C=O) groups excluding carboxylic acids is 2. The molecule has 4 atom stereocenters. The van der Waals surface area contributed by atoms with Crippen LogP contribution in [0.1, 0.15) is 71.9 Å². The molecule has 0 amide bonds. The van der Waals surface area contributed by atoms with Crippen LogP contribution in [0.5, 0.6) is 17.2 Å². The summed E-state index contributed by atoms with van der Waals surface area (Å²) in [6.07, 6.45) is 3.51. The predicted molar refractivity (Wildman–Crippen MR) is 142 cm³/mol. The Morgan fingerprint density at radius 2 is 1.82 bits per heavy atom. The second kappa shape index (κ2) is 8.62. The van der Waals surface area contributed by atoms with Crippen molar-refractivity contribution in [1.82, 2.24) is 0 Å². The number of ether oxygens (including phenoxy) is 3. The Hall–Kier alpha value is -3.80. The van der Waals surface area contributed by atoms with E-state index >= 15 is 0 Å². The number of hydrogen-bond acceptors (Lipinski definition) is 6. The summed E-state index contributed by atoms with van der Waals surface area (Å²) in [5, 5.41) is 10.4. The summed E-state index contributed by atoms with van der Waals surface area (Å²) < 4.78 is 17.6. The maximum atomic E-state index is 13.1. The lowest BCUT2D eigenvalue weighted by molar-refractivity contribution is -0.0260. The maximum absolute atomic E-state index is 13.1. The lowest BCUT2D eigenvalue weighted by atomic mass is 9.56. The fourth-order valence-corrected chi connectivity index (χ4v) is 7.17. The Morgan fingerprint density at radius 1 is 1.03 bits per heavy atom. The molecule has 2 saturated carbocycles. The summed E-state index contributed by atoms with van der Waals surface area (Å²) in [4.78, 5) is 25.5. The van der Waals surface area contributed by atoms with Crippen LogP contribution >= 0.6 is 0 Å². The van der Waals surface area contributed by atoms with Crippen LogP contribution in [0.25, 0.3) is 0 Å². The molecule has 1 N–H and O–H groups in total. The van der Waals surface area contributed by atoms with Gasteiger partial charge in [-0.25, -0.2) is 4.79 Å². The van der Waals surface area contributed by atoms with Crippen LogP contribution in [-0.2, 0) is 16.8 Å². The summed E-state index contributed by atoms with van der Waals surface area (Å²) in [5.41, 5.74) is 2.34. The van der Waals surface area contributed by atoms with Crippen molar-refractivity contribution in [3.63, 3.8) is 0 Å². The van der Waals surface area contributed by atoms with E-state index in [1.807, 2.05) is 42.5 Å². The highest BCUT2D eigenvalue weighted by molar-refractivity contribution is 5.98. The van der Waals surface area contributed by atoms with Gasteiger partial charge in [0.15, 0.2) is 12.4 Å². The van der Waals surface area contributed by atoms with E-state index in [9.17, 15) is 14.7 Å². The largest absolute Gasteiger partial charge is 0.507 e. The van der Waals surface area contributed by atoms with Crippen LogP contribution in [0.15, 0.2) is 66.7 Å². The SMILES string of the molecule is CC12CCC(C1)C1(C)Oc3ccc(C(=O)COc4ccc(C(=O)OCc5ccccc5)c(O)c4)cc3C21C. The molecule has 2 aliphatic carbocycles. The molecule has 1 aliphatic heterocycles. The third-order valence-corrected chi connectivity index (χ3v) is 9.65. The highest BCUT2D eigenvalue weighted by Gasteiger charge is 2.73. The van der Waals surface area contributed by atoms with Gasteiger partial charge in [0.2, 0.25) is 0 Å². The minimum Gasteiger partial charge on any atom is -0.507 e. The number of ketones is 1. The Balaban J connectivity index is 1.13. The molecule has 4 unspecified atom stereocenters. The van der Waals surface area contributed by atoms with Gasteiger partial charge in [0, 0.05) is 22.6 Å². The molecule has 6 nitrogen and oxygen atoms in total. The molecule has 3 aromatic carbocycles. The standard InChI is InChI=1S/C32H32O6/c1-30-14-13-22(17-30)32(3)31(30,2)25-15-21(9-12-28(25)38-32)27(34)19-36-23-10-11-24(26(33)16-23)29(35)37-18-20-7-5-4-6-8-20/h4-12,15-16,22,33H,13-14,17-19H2,1-3H3. The van der Waals surface area contributed by atoms with Crippen LogP contribution in [0.3, 0.4) is 0 Å². The number of fused-ring (bicyclic) bond motifs is 7. The number of phenolic OH excluding ortho intramolecular Hbond substituents is 1. The molecular weight excluding hydrogens is 480 g/mol. The predicted octanol–water partition coefficient (Wildman–Crippen LogP) is 6.24. The van der Waals surface area contributed by atoms with Crippen LogP contribution < -0.4 is 9.47 Å². The van der Waals surface area contributed by atoms with E-state index in [4.69, 9.17) is 14.2 Å². The first-order chi connectivity index (χ1) is 18.1. The Kier molecular flexibility index (Phi) is 5.56. The summed E-state index contributed by atoms with van der Waals surface area (Å²) in [7, 11) is 0. The molecule has 0 aromatic heterocycles. The highest BCUT2D eigenvalue weighted by Crippen LogP contribution is 2.73. The molecule has 2 fully saturated rings. The van der Waals surface area contributed by atoms with Gasteiger partial charge >= 0.3 is 5.97 Å². The minimum atomic E-state index is -0.635. The molecule has 0 spiro atoms. The number of phenols is 1. The second-order valence-electron chi connectivity index (χ2n) is 11.5. The molecule has 0 saturated heterocycles. The van der Waals surface area contributed by atoms with Gasteiger partial charge < -0.3 is 19.3 Å². The van der Waals surface area contributed by atoms with E-state index in [1.54, 1.807) is 12.1 Å². The molecule has 6 heteroatoms. The number of benzene rings is 3. The van der Waals surface area contributed by atoms with E-state index in [-0.39, 0.29) is 46.7 Å². The molecule has 3 aromatic rings. The number of carbonyl (C=O) groups is 2. The zero-order chi connectivity index (χ0) is 26.7. The first kappa shape index (κ1) is 24.5. The van der Waals surface area contributed by atoms with Gasteiger partial charge in [0.1, 0.15) is 35.0 Å². The topological polar surface area (TPSA) is 82.1 Å². The van der Waals surface area contributed by atoms with Crippen LogP contribution in [-0.4, -0.2) is 29.1 Å². The average molecular weight is 513 g/mol. The van der Waals surface area contributed by atoms with Crippen molar-refractivity contribution in [2.24, 2.45) is 11.3 Å². The van der Waals surface area contributed by atoms with Gasteiger partial charge in [0.25, 0.3) is 0 Å².